The van der Waals surface area contributed by atoms with Crippen LogP contribution in [-0.4, -0.2) is 38.7 Å². The number of hydrogen-bond donors (Lipinski definition) is 1. The van der Waals surface area contributed by atoms with E-state index in [0.29, 0.717) is 0 Å². The van der Waals surface area contributed by atoms with Crippen molar-refractivity contribution in [3.05, 3.63) is 89.5 Å². The minimum absolute atomic E-state index is 0.0313. The lowest BCUT2D eigenvalue weighted by Crippen LogP contribution is -2.61. The van der Waals surface area contributed by atoms with Crippen LogP contribution in [0.3, 0.4) is 0 Å². The molecule has 0 spiro atoms. The van der Waals surface area contributed by atoms with E-state index in [-0.39, 0.29) is 23.9 Å². The van der Waals surface area contributed by atoms with Crippen LogP contribution >= 0.6 is 0 Å². The Morgan fingerprint density at radius 1 is 1.03 bits per heavy atom. The van der Waals surface area contributed by atoms with Gasteiger partial charge in [-0.05, 0) is 49.6 Å². The fourth-order valence-electron chi connectivity index (χ4n) is 5.34. The Bertz CT molecular complexity index is 1150. The zero-order valence-corrected chi connectivity index (χ0v) is 20.2. The molecule has 2 heterocycles. The van der Waals surface area contributed by atoms with Crippen LogP contribution in [-0.2, 0) is 11.2 Å². The molecule has 5 nitrogen and oxygen atoms in total. The molecule has 0 aromatic heterocycles. The van der Waals surface area contributed by atoms with E-state index < -0.39 is 0 Å². The molecular weight excluding hydrogens is 422 g/mol. The number of nitrogens with zero attached hydrogens (tertiary/aromatic N) is 2. The van der Waals surface area contributed by atoms with Crippen molar-refractivity contribution in [2.75, 3.05) is 36.5 Å². The van der Waals surface area contributed by atoms with Crippen LogP contribution in [0.1, 0.15) is 29.7 Å². The maximum absolute atomic E-state index is 13.7. The Labute approximate surface area is 202 Å². The number of nitrogens with one attached hydrogen (secondary N) is 1. The number of aryl methyl sites for hydroxylation is 1. The Balaban J connectivity index is 1.44. The van der Waals surface area contributed by atoms with Crippen LogP contribution in [0.2, 0.25) is 0 Å². The summed E-state index contributed by atoms with van der Waals surface area (Å²) >= 11 is 0. The predicted octanol–water partition coefficient (Wildman–Crippen LogP) is 4.75. The van der Waals surface area contributed by atoms with E-state index in [2.05, 4.69) is 77.5 Å². The van der Waals surface area contributed by atoms with Crippen LogP contribution in [0.15, 0.2) is 72.8 Å². The monoisotopic (exact) mass is 455 g/mol. The van der Waals surface area contributed by atoms with Gasteiger partial charge in [-0.2, -0.15) is 0 Å². The van der Waals surface area contributed by atoms with Crippen molar-refractivity contribution >= 4 is 17.3 Å². The van der Waals surface area contributed by atoms with Crippen molar-refractivity contribution in [1.29, 1.82) is 0 Å². The maximum atomic E-state index is 13.7. The zero-order chi connectivity index (χ0) is 23.7. The van der Waals surface area contributed by atoms with Gasteiger partial charge >= 0.3 is 0 Å². The fourth-order valence-corrected chi connectivity index (χ4v) is 5.34. The van der Waals surface area contributed by atoms with Crippen LogP contribution in [0.25, 0.3) is 0 Å². The largest absolute Gasteiger partial charge is 0.497 e. The highest BCUT2D eigenvalue weighted by Crippen LogP contribution is 2.39. The summed E-state index contributed by atoms with van der Waals surface area (Å²) in [5.74, 6) is 0.859. The summed E-state index contributed by atoms with van der Waals surface area (Å²) in [6, 6.07) is 25.2. The lowest BCUT2D eigenvalue weighted by molar-refractivity contribution is -0.126. The Kier molecular flexibility index (Phi) is 6.18. The van der Waals surface area contributed by atoms with Crippen molar-refractivity contribution in [1.82, 2.24) is 5.32 Å². The van der Waals surface area contributed by atoms with Crippen LogP contribution in [0.5, 0.6) is 5.75 Å². The highest BCUT2D eigenvalue weighted by molar-refractivity contribution is 5.83. The lowest BCUT2D eigenvalue weighted by Gasteiger charge is -2.49. The number of rotatable bonds is 5. The smallest absolute Gasteiger partial charge is 0.226 e. The Morgan fingerprint density at radius 3 is 2.53 bits per heavy atom. The molecule has 5 heteroatoms. The van der Waals surface area contributed by atoms with Gasteiger partial charge in [0.25, 0.3) is 0 Å². The summed E-state index contributed by atoms with van der Waals surface area (Å²) in [4.78, 5) is 18.5. The Hall–Kier alpha value is -3.47. The first-order chi connectivity index (χ1) is 16.5. The normalized spacial score (nSPS) is 20.2. The highest BCUT2D eigenvalue weighted by Gasteiger charge is 2.42. The topological polar surface area (TPSA) is 44.8 Å². The third-order valence-corrected chi connectivity index (χ3v) is 7.32. The highest BCUT2D eigenvalue weighted by atomic mass is 16.5. The Morgan fingerprint density at radius 2 is 1.79 bits per heavy atom. The maximum Gasteiger partial charge on any atom is 0.226 e. The standard InChI is InChI=1S/C29H33N3O2/c1-20-9-12-24(13-10-20)31-15-16-32-27-18-25(34-3)14-11-23(27)17-26(28(32)19-31)29(33)30-21(2)22-7-5-4-6-8-22/h4-14,18,21,26,28H,15-17,19H2,1-3H3,(H,30,33)/t21-,26+,28-/m1/s1. The number of piperazine rings is 1. The molecule has 2 aliphatic heterocycles. The number of fused-ring (bicyclic) bond motifs is 3. The minimum Gasteiger partial charge on any atom is -0.497 e. The molecule has 0 saturated carbocycles. The van der Waals surface area contributed by atoms with E-state index in [1.807, 2.05) is 24.3 Å². The number of ether oxygens (including phenoxy) is 1. The molecule has 176 valence electrons. The van der Waals surface area contributed by atoms with E-state index in [4.69, 9.17) is 4.74 Å². The van der Waals surface area contributed by atoms with Crippen LogP contribution in [0.4, 0.5) is 11.4 Å². The molecule has 34 heavy (non-hydrogen) atoms. The average Bonchev–Trinajstić information content (AvgIpc) is 2.88. The second-order valence-corrected chi connectivity index (χ2v) is 9.49. The molecule has 2 aliphatic rings. The van der Waals surface area contributed by atoms with Crippen LogP contribution in [0, 0.1) is 12.8 Å². The van der Waals surface area contributed by atoms with Crippen molar-refractivity contribution < 1.29 is 9.53 Å². The first-order valence-electron chi connectivity index (χ1n) is 12.1. The summed E-state index contributed by atoms with van der Waals surface area (Å²) < 4.78 is 5.52. The van der Waals surface area contributed by atoms with Crippen molar-refractivity contribution in [3.8, 4) is 5.75 Å². The van der Waals surface area contributed by atoms with E-state index in [9.17, 15) is 4.79 Å². The first-order valence-corrected chi connectivity index (χ1v) is 12.1. The average molecular weight is 456 g/mol. The third-order valence-electron chi connectivity index (χ3n) is 7.32. The van der Waals surface area contributed by atoms with E-state index in [1.165, 1.54) is 22.5 Å². The number of amides is 1. The summed E-state index contributed by atoms with van der Waals surface area (Å²) in [7, 11) is 1.71. The fraction of sp³-hybridized carbons (Fsp3) is 0.345. The molecule has 3 atom stereocenters. The molecule has 1 amide bonds. The van der Waals surface area contributed by atoms with Gasteiger partial charge in [0.1, 0.15) is 5.75 Å². The van der Waals surface area contributed by atoms with Gasteiger partial charge in [-0.3, -0.25) is 4.79 Å². The van der Waals surface area contributed by atoms with Gasteiger partial charge in [0.05, 0.1) is 25.1 Å². The molecular formula is C29H33N3O2. The van der Waals surface area contributed by atoms with Gasteiger partial charge in [-0.15, -0.1) is 0 Å². The third kappa shape index (κ3) is 4.35. The zero-order valence-electron chi connectivity index (χ0n) is 20.2. The second kappa shape index (κ2) is 9.41. The summed E-state index contributed by atoms with van der Waals surface area (Å²) in [6.07, 6.45) is 0.732. The number of benzene rings is 3. The summed E-state index contributed by atoms with van der Waals surface area (Å²) in [6.45, 7) is 6.78. The molecule has 1 fully saturated rings. The number of carbonyl (C=O) groups is 1. The van der Waals surface area contributed by atoms with Crippen molar-refractivity contribution in [3.63, 3.8) is 0 Å². The lowest BCUT2D eigenvalue weighted by atomic mass is 9.83. The van der Waals surface area contributed by atoms with E-state index in [1.54, 1.807) is 7.11 Å². The molecule has 1 saturated heterocycles. The van der Waals surface area contributed by atoms with Crippen LogP contribution < -0.4 is 19.9 Å². The van der Waals surface area contributed by atoms with Gasteiger partial charge in [0.2, 0.25) is 5.91 Å². The second-order valence-electron chi connectivity index (χ2n) is 9.49. The van der Waals surface area contributed by atoms with Gasteiger partial charge in [0, 0.05) is 37.1 Å². The predicted molar refractivity (Wildman–Crippen MR) is 138 cm³/mol. The van der Waals surface area contributed by atoms with E-state index >= 15 is 0 Å². The molecule has 0 unspecified atom stereocenters. The number of anilines is 2. The van der Waals surface area contributed by atoms with E-state index in [0.717, 1.165) is 37.4 Å². The van der Waals surface area contributed by atoms with Gasteiger partial charge in [0.15, 0.2) is 0 Å². The van der Waals surface area contributed by atoms with Crippen molar-refractivity contribution in [2.24, 2.45) is 5.92 Å². The van der Waals surface area contributed by atoms with Crippen molar-refractivity contribution in [2.45, 2.75) is 32.4 Å². The molecule has 1 N–H and O–H groups in total. The SMILES string of the molecule is COc1ccc2c(c1)N1CCN(c3ccc(C)cc3)C[C@@H]1[C@@H](C(=O)N[C@H](C)c1ccccc1)C2. The summed E-state index contributed by atoms with van der Waals surface area (Å²) in [5.41, 5.74) is 6.02. The molecule has 3 aromatic carbocycles. The molecule has 5 rings (SSSR count). The number of carbonyl (C=O) groups excluding carboxylic acids is 1. The number of methoxy groups -OCH3 is 1. The van der Waals surface area contributed by atoms with Gasteiger partial charge in [-0.25, -0.2) is 0 Å². The minimum atomic E-state index is -0.125. The summed E-state index contributed by atoms with van der Waals surface area (Å²) in [5, 5.41) is 3.31. The van der Waals surface area contributed by atoms with Gasteiger partial charge < -0.3 is 19.9 Å². The molecule has 0 aliphatic carbocycles. The molecule has 0 radical (unpaired) electrons. The quantitative estimate of drug-likeness (QED) is 0.603. The molecule has 3 aromatic rings. The molecule has 0 bridgehead atoms. The number of hydrogen-bond acceptors (Lipinski definition) is 4. The first kappa shape index (κ1) is 22.3. The van der Waals surface area contributed by atoms with Gasteiger partial charge in [-0.1, -0.05) is 54.1 Å².